The molecule has 2 heterocycles. The Balaban J connectivity index is 1.73. The van der Waals surface area contributed by atoms with Crippen LogP contribution in [0.3, 0.4) is 0 Å². The second-order valence-corrected chi connectivity index (χ2v) is 7.11. The number of hydrogen-bond acceptors (Lipinski definition) is 4. The summed E-state index contributed by atoms with van der Waals surface area (Å²) in [4.78, 5) is 24.0. The van der Waals surface area contributed by atoms with Gasteiger partial charge in [0.25, 0.3) is 5.91 Å². The Morgan fingerprint density at radius 2 is 1.83 bits per heavy atom. The quantitative estimate of drug-likeness (QED) is 0.667. The van der Waals surface area contributed by atoms with E-state index in [-0.39, 0.29) is 23.3 Å². The number of amides is 1. The Kier molecular flexibility index (Phi) is 4.43. The van der Waals surface area contributed by atoms with E-state index < -0.39 is 5.97 Å². The van der Waals surface area contributed by atoms with Crippen molar-refractivity contribution in [3.63, 3.8) is 0 Å². The van der Waals surface area contributed by atoms with E-state index in [0.29, 0.717) is 11.3 Å². The van der Waals surface area contributed by atoms with Gasteiger partial charge < -0.3 is 15.4 Å². The van der Waals surface area contributed by atoms with Gasteiger partial charge in [0.2, 0.25) is 0 Å². The molecule has 0 aliphatic carbocycles. The summed E-state index contributed by atoms with van der Waals surface area (Å²) in [6.07, 6.45) is 3.77. The number of benzene rings is 2. The summed E-state index contributed by atoms with van der Waals surface area (Å²) in [7, 11) is 0. The number of para-hydroxylation sites is 1. The first kappa shape index (κ1) is 18.5. The highest BCUT2D eigenvalue weighted by molar-refractivity contribution is 6.32. The molecule has 1 aliphatic rings. The van der Waals surface area contributed by atoms with Gasteiger partial charge in [0.1, 0.15) is 0 Å². The second-order valence-electron chi connectivity index (χ2n) is 7.11. The molecule has 7 heteroatoms. The normalized spacial score (nSPS) is 15.6. The Labute approximate surface area is 167 Å². The lowest BCUT2D eigenvalue weighted by atomic mass is 10.1. The molecule has 1 aliphatic heterocycles. The molecular formula is C22H20N4O3. The zero-order chi connectivity index (χ0) is 20.7. The molecule has 1 aromatic heterocycles. The van der Waals surface area contributed by atoms with Crippen LogP contribution < -0.4 is 10.7 Å². The van der Waals surface area contributed by atoms with E-state index in [2.05, 4.69) is 23.5 Å². The minimum atomic E-state index is -1.03. The smallest absolute Gasteiger partial charge is 0.335 e. The maximum Gasteiger partial charge on any atom is 0.335 e. The second kappa shape index (κ2) is 6.94. The number of rotatable bonds is 4. The Morgan fingerprint density at radius 3 is 2.48 bits per heavy atom. The van der Waals surface area contributed by atoms with Crippen LogP contribution in [0.4, 0.5) is 5.69 Å². The predicted octanol–water partition coefficient (Wildman–Crippen LogP) is 3.62. The highest BCUT2D eigenvalue weighted by Gasteiger charge is 2.30. The number of carboxylic acid groups (broad SMARTS) is 1. The van der Waals surface area contributed by atoms with Crippen molar-refractivity contribution in [1.29, 1.82) is 0 Å². The van der Waals surface area contributed by atoms with E-state index in [1.807, 2.05) is 30.5 Å². The zero-order valence-corrected chi connectivity index (χ0v) is 16.0. The van der Waals surface area contributed by atoms with Crippen molar-refractivity contribution in [1.82, 2.24) is 4.57 Å². The third-order valence-electron chi connectivity index (χ3n) is 4.89. The van der Waals surface area contributed by atoms with E-state index in [1.54, 1.807) is 6.08 Å². The molecule has 4 rings (SSSR count). The number of carbonyl (C=O) groups is 2. The van der Waals surface area contributed by atoms with Crippen molar-refractivity contribution in [2.75, 3.05) is 5.01 Å². The van der Waals surface area contributed by atoms with Gasteiger partial charge in [-0.25, -0.2) is 4.79 Å². The molecule has 0 radical (unpaired) electrons. The van der Waals surface area contributed by atoms with Crippen molar-refractivity contribution >= 4 is 40.4 Å². The van der Waals surface area contributed by atoms with Gasteiger partial charge in [-0.15, -0.1) is 5.10 Å². The molecule has 1 amide bonds. The van der Waals surface area contributed by atoms with Crippen LogP contribution in [0.15, 0.2) is 65.4 Å². The molecule has 0 unspecified atom stereocenters. The molecule has 2 aromatic carbocycles. The van der Waals surface area contributed by atoms with Gasteiger partial charge in [-0.3, -0.25) is 4.79 Å². The first-order valence-electron chi connectivity index (χ1n) is 9.20. The third-order valence-corrected chi connectivity index (χ3v) is 4.89. The lowest BCUT2D eigenvalue weighted by Crippen LogP contribution is -2.22. The first-order valence-corrected chi connectivity index (χ1v) is 9.20. The molecule has 3 aromatic rings. The van der Waals surface area contributed by atoms with E-state index in [4.69, 9.17) is 10.8 Å². The van der Waals surface area contributed by atoms with Crippen LogP contribution in [0, 0.1) is 0 Å². The fraction of sp³-hybridized carbons (Fsp3) is 0.136. The third kappa shape index (κ3) is 3.16. The number of carboxylic acids is 1. The van der Waals surface area contributed by atoms with Gasteiger partial charge in [0.05, 0.1) is 16.8 Å². The van der Waals surface area contributed by atoms with Crippen LogP contribution in [-0.4, -0.2) is 27.4 Å². The number of nitrogens with two attached hydrogens (primary N) is 1. The number of amidine groups is 1. The minimum Gasteiger partial charge on any atom is -0.478 e. The van der Waals surface area contributed by atoms with E-state index in [9.17, 15) is 9.59 Å². The number of aromatic carboxylic acids is 1. The lowest BCUT2D eigenvalue weighted by Gasteiger charge is -2.11. The van der Waals surface area contributed by atoms with Crippen LogP contribution in [0.1, 0.15) is 35.8 Å². The molecule has 0 saturated carbocycles. The van der Waals surface area contributed by atoms with Crippen molar-refractivity contribution in [3.05, 3.63) is 71.4 Å². The highest BCUT2D eigenvalue weighted by Crippen LogP contribution is 2.29. The highest BCUT2D eigenvalue weighted by atomic mass is 16.4. The molecule has 146 valence electrons. The fourth-order valence-electron chi connectivity index (χ4n) is 3.42. The number of aromatic nitrogens is 1. The number of hydrazone groups is 1. The Bertz CT molecular complexity index is 1190. The van der Waals surface area contributed by atoms with Crippen LogP contribution in [0.2, 0.25) is 0 Å². The summed E-state index contributed by atoms with van der Waals surface area (Å²) in [6, 6.07) is 14.2. The van der Waals surface area contributed by atoms with Crippen LogP contribution in [0.25, 0.3) is 17.0 Å². The number of nitrogens with zero attached hydrogens (tertiary/aromatic N) is 3. The summed E-state index contributed by atoms with van der Waals surface area (Å²) in [5.74, 6) is -1.26. The fourth-order valence-corrected chi connectivity index (χ4v) is 3.42. The zero-order valence-electron chi connectivity index (χ0n) is 16.0. The first-order chi connectivity index (χ1) is 13.9. The topological polar surface area (TPSA) is 101 Å². The van der Waals surface area contributed by atoms with Crippen molar-refractivity contribution in [2.45, 2.75) is 19.9 Å². The molecular weight excluding hydrogens is 368 g/mol. The summed E-state index contributed by atoms with van der Waals surface area (Å²) in [5, 5.41) is 15.4. The maximum atomic E-state index is 13.0. The molecule has 0 spiro atoms. The number of carbonyl (C=O) groups excluding carboxylic acids is 1. The van der Waals surface area contributed by atoms with Crippen LogP contribution in [0.5, 0.6) is 0 Å². The Morgan fingerprint density at radius 1 is 1.14 bits per heavy atom. The van der Waals surface area contributed by atoms with Gasteiger partial charge in [-0.2, -0.15) is 5.01 Å². The molecule has 0 atom stereocenters. The van der Waals surface area contributed by atoms with Crippen LogP contribution >= 0.6 is 0 Å². The predicted molar refractivity (Wildman–Crippen MR) is 113 cm³/mol. The average molecular weight is 388 g/mol. The van der Waals surface area contributed by atoms with E-state index in [1.165, 1.54) is 29.3 Å². The number of fused-ring (bicyclic) bond motifs is 1. The summed E-state index contributed by atoms with van der Waals surface area (Å²) in [5.41, 5.74) is 8.91. The summed E-state index contributed by atoms with van der Waals surface area (Å²) < 4.78 is 2.15. The molecule has 7 nitrogen and oxygen atoms in total. The lowest BCUT2D eigenvalue weighted by molar-refractivity contribution is -0.114. The molecule has 0 bridgehead atoms. The SMILES string of the molecule is CC(C)n1cc(C=C2C(=O)N(c3ccc(C(=O)O)cc3)N=C2N)c2ccccc21. The van der Waals surface area contributed by atoms with Gasteiger partial charge >= 0.3 is 5.97 Å². The standard InChI is InChI=1S/C22H20N4O3/c1-13(2)25-12-15(17-5-3-4-6-19(17)25)11-18-20(23)24-26(21(18)27)16-9-7-14(8-10-16)22(28)29/h3-13H,1-2H3,(H2,23,24)(H,28,29). The van der Waals surface area contributed by atoms with E-state index >= 15 is 0 Å². The number of hydrogen-bond donors (Lipinski definition) is 2. The minimum absolute atomic E-state index is 0.124. The van der Waals surface area contributed by atoms with Crippen LogP contribution in [-0.2, 0) is 4.79 Å². The van der Waals surface area contributed by atoms with Crippen molar-refractivity contribution in [2.24, 2.45) is 10.8 Å². The van der Waals surface area contributed by atoms with Crippen molar-refractivity contribution < 1.29 is 14.7 Å². The van der Waals surface area contributed by atoms with E-state index in [0.717, 1.165) is 16.5 Å². The average Bonchev–Trinajstić information content (AvgIpc) is 3.21. The molecule has 29 heavy (non-hydrogen) atoms. The summed E-state index contributed by atoms with van der Waals surface area (Å²) >= 11 is 0. The van der Waals surface area contributed by atoms with Gasteiger partial charge in [0.15, 0.2) is 5.84 Å². The molecule has 3 N–H and O–H groups in total. The maximum absolute atomic E-state index is 13.0. The van der Waals surface area contributed by atoms with Gasteiger partial charge in [-0.05, 0) is 50.3 Å². The van der Waals surface area contributed by atoms with Gasteiger partial charge in [0, 0.05) is 28.7 Å². The summed E-state index contributed by atoms with van der Waals surface area (Å²) in [6.45, 7) is 4.20. The molecule has 0 saturated heterocycles. The van der Waals surface area contributed by atoms with Crippen molar-refractivity contribution in [3.8, 4) is 0 Å². The number of anilines is 1. The monoisotopic (exact) mass is 388 g/mol. The Hall–Kier alpha value is -3.87. The van der Waals surface area contributed by atoms with Gasteiger partial charge in [-0.1, -0.05) is 18.2 Å². The molecule has 0 fully saturated rings. The largest absolute Gasteiger partial charge is 0.478 e.